The van der Waals surface area contributed by atoms with E-state index in [-0.39, 0.29) is 0 Å². The fourth-order valence-corrected chi connectivity index (χ4v) is 3.57. The monoisotopic (exact) mass is 334 g/mol. The Morgan fingerprint density at radius 1 is 1.41 bits per heavy atom. The number of fused-ring (bicyclic) bond motifs is 1. The maximum atomic E-state index is 4.54. The highest BCUT2D eigenvalue weighted by Gasteiger charge is 2.04. The fourth-order valence-electron chi connectivity index (χ4n) is 2.06. The number of imidazole rings is 1. The summed E-state index contributed by atoms with van der Waals surface area (Å²) < 4.78 is 2.03. The average molecular weight is 334 g/mol. The van der Waals surface area contributed by atoms with Crippen molar-refractivity contribution in [2.24, 2.45) is 4.99 Å². The van der Waals surface area contributed by atoms with Gasteiger partial charge in [0.2, 0.25) is 0 Å². The van der Waals surface area contributed by atoms with E-state index in [4.69, 9.17) is 0 Å². The van der Waals surface area contributed by atoms with Crippen LogP contribution in [0.5, 0.6) is 0 Å². The maximum absolute atomic E-state index is 4.54. The average Bonchev–Trinajstić information content (AvgIpc) is 3.18. The zero-order valence-corrected chi connectivity index (χ0v) is 14.2. The van der Waals surface area contributed by atoms with Crippen LogP contribution >= 0.6 is 22.7 Å². The summed E-state index contributed by atoms with van der Waals surface area (Å²) in [7, 11) is 1.77. The van der Waals surface area contributed by atoms with E-state index in [9.17, 15) is 0 Å². The Hall–Kier alpha value is -1.93. The third-order valence-corrected chi connectivity index (χ3v) is 4.85. The summed E-state index contributed by atoms with van der Waals surface area (Å²) in [4.78, 5) is 15.4. The van der Waals surface area contributed by atoms with Crippen molar-refractivity contribution in [3.63, 3.8) is 0 Å². The molecular weight excluding hydrogens is 316 g/mol. The van der Waals surface area contributed by atoms with Crippen LogP contribution in [0.25, 0.3) is 4.96 Å². The highest BCUT2D eigenvalue weighted by Crippen LogP contribution is 2.11. The number of nitrogens with zero attached hydrogens (tertiary/aromatic N) is 4. The van der Waals surface area contributed by atoms with Gasteiger partial charge in [-0.3, -0.25) is 9.39 Å². The molecule has 22 heavy (non-hydrogen) atoms. The predicted molar refractivity (Wildman–Crippen MR) is 91.8 cm³/mol. The lowest BCUT2D eigenvalue weighted by molar-refractivity contribution is 0.784. The van der Waals surface area contributed by atoms with Crippen molar-refractivity contribution >= 4 is 33.6 Å². The Morgan fingerprint density at radius 2 is 2.32 bits per heavy atom. The molecule has 0 aliphatic rings. The predicted octanol–water partition coefficient (Wildman–Crippen LogP) is 2.07. The lowest BCUT2D eigenvalue weighted by atomic mass is 10.4. The van der Waals surface area contributed by atoms with Crippen molar-refractivity contribution < 1.29 is 0 Å². The summed E-state index contributed by atoms with van der Waals surface area (Å²) in [6, 6.07) is 0. The molecule has 0 spiro atoms. The molecule has 0 saturated heterocycles. The highest BCUT2D eigenvalue weighted by atomic mass is 32.1. The van der Waals surface area contributed by atoms with Crippen LogP contribution in [0.1, 0.15) is 15.6 Å². The standard InChI is InChI=1S/C14H18N6S2/c1-10-7-17-12(22-10)3-4-16-13(15-2)18-8-11-9-20-5-6-21-14(20)19-11/h5-7,9H,3-4,8H2,1-2H3,(H2,15,16,18). The molecule has 0 bridgehead atoms. The van der Waals surface area contributed by atoms with Gasteiger partial charge >= 0.3 is 0 Å². The Labute approximate surface area is 137 Å². The molecule has 0 radical (unpaired) electrons. The summed E-state index contributed by atoms with van der Waals surface area (Å²) in [5.74, 6) is 0.782. The molecule has 0 saturated carbocycles. The zero-order chi connectivity index (χ0) is 15.4. The van der Waals surface area contributed by atoms with Crippen LogP contribution in [0.3, 0.4) is 0 Å². The van der Waals surface area contributed by atoms with Gasteiger partial charge in [-0.2, -0.15) is 0 Å². The highest BCUT2D eigenvalue weighted by molar-refractivity contribution is 7.15. The second kappa shape index (κ2) is 6.89. The minimum absolute atomic E-state index is 0.657. The van der Waals surface area contributed by atoms with Gasteiger partial charge in [-0.25, -0.2) is 9.97 Å². The van der Waals surface area contributed by atoms with Crippen LogP contribution in [-0.2, 0) is 13.0 Å². The summed E-state index contributed by atoms with van der Waals surface area (Å²) in [6.07, 6.45) is 6.86. The SMILES string of the molecule is CN=C(NCCc1ncc(C)s1)NCc1cn2ccsc2n1. The van der Waals surface area contributed by atoms with Crippen LogP contribution in [0, 0.1) is 6.92 Å². The number of hydrogen-bond donors (Lipinski definition) is 2. The Bertz CT molecular complexity index is 741. The third-order valence-electron chi connectivity index (χ3n) is 3.10. The van der Waals surface area contributed by atoms with Gasteiger partial charge in [-0.15, -0.1) is 22.7 Å². The van der Waals surface area contributed by atoms with Crippen molar-refractivity contribution in [1.82, 2.24) is 25.0 Å². The van der Waals surface area contributed by atoms with Crippen molar-refractivity contribution in [2.75, 3.05) is 13.6 Å². The Morgan fingerprint density at radius 3 is 3.05 bits per heavy atom. The van der Waals surface area contributed by atoms with Gasteiger partial charge in [-0.05, 0) is 6.92 Å². The summed E-state index contributed by atoms with van der Waals surface area (Å²) in [5, 5.41) is 9.75. The molecule has 0 aromatic carbocycles. The van der Waals surface area contributed by atoms with E-state index >= 15 is 0 Å². The number of aromatic nitrogens is 3. The fraction of sp³-hybridized carbons (Fsp3) is 0.357. The number of nitrogens with one attached hydrogen (secondary N) is 2. The first-order valence-corrected chi connectivity index (χ1v) is 8.71. The first kappa shape index (κ1) is 15.0. The zero-order valence-electron chi connectivity index (χ0n) is 12.5. The van der Waals surface area contributed by atoms with E-state index in [1.165, 1.54) is 4.88 Å². The largest absolute Gasteiger partial charge is 0.356 e. The first-order chi connectivity index (χ1) is 10.7. The first-order valence-electron chi connectivity index (χ1n) is 7.01. The van der Waals surface area contributed by atoms with Gasteiger partial charge in [0.1, 0.15) is 0 Å². The topological polar surface area (TPSA) is 66.6 Å². The minimum atomic E-state index is 0.657. The minimum Gasteiger partial charge on any atom is -0.356 e. The van der Waals surface area contributed by atoms with E-state index in [1.54, 1.807) is 29.7 Å². The molecule has 116 valence electrons. The lowest BCUT2D eigenvalue weighted by Crippen LogP contribution is -2.37. The molecular formula is C14H18N6S2. The van der Waals surface area contributed by atoms with E-state index in [0.29, 0.717) is 6.54 Å². The van der Waals surface area contributed by atoms with Crippen molar-refractivity contribution in [3.05, 3.63) is 39.5 Å². The van der Waals surface area contributed by atoms with Crippen molar-refractivity contribution in [3.8, 4) is 0 Å². The Kier molecular flexibility index (Phi) is 4.69. The molecule has 2 N–H and O–H groups in total. The van der Waals surface area contributed by atoms with Gasteiger partial charge in [0.15, 0.2) is 10.9 Å². The van der Waals surface area contributed by atoms with Crippen molar-refractivity contribution in [2.45, 2.75) is 19.9 Å². The van der Waals surface area contributed by atoms with Crippen LogP contribution in [0.15, 0.2) is 29.0 Å². The molecule has 3 rings (SSSR count). The summed E-state index contributed by atoms with van der Waals surface area (Å²) in [6.45, 7) is 3.54. The molecule has 3 heterocycles. The molecule has 0 atom stereocenters. The number of aliphatic imine (C=N–C) groups is 1. The molecule has 6 nitrogen and oxygen atoms in total. The maximum Gasteiger partial charge on any atom is 0.193 e. The van der Waals surface area contributed by atoms with Crippen molar-refractivity contribution in [1.29, 1.82) is 0 Å². The molecule has 3 aromatic heterocycles. The van der Waals surface area contributed by atoms with E-state index in [0.717, 1.165) is 34.6 Å². The molecule has 0 aliphatic carbocycles. The van der Waals surface area contributed by atoms with E-state index in [2.05, 4.69) is 32.5 Å². The quantitative estimate of drug-likeness (QED) is 0.554. The van der Waals surface area contributed by atoms with E-state index < -0.39 is 0 Å². The van der Waals surface area contributed by atoms with E-state index in [1.807, 2.05) is 28.4 Å². The van der Waals surface area contributed by atoms with Crippen LogP contribution in [0.4, 0.5) is 0 Å². The second-order valence-corrected chi connectivity index (χ2v) is 6.98. The van der Waals surface area contributed by atoms with Crippen LogP contribution in [-0.4, -0.2) is 33.9 Å². The molecule has 3 aromatic rings. The van der Waals surface area contributed by atoms with Gasteiger partial charge in [0, 0.05) is 48.9 Å². The molecule has 0 aliphatic heterocycles. The molecule has 0 fully saturated rings. The van der Waals surface area contributed by atoms with Gasteiger partial charge in [0.25, 0.3) is 0 Å². The number of hydrogen-bond acceptors (Lipinski definition) is 5. The number of rotatable bonds is 5. The van der Waals surface area contributed by atoms with Crippen LogP contribution < -0.4 is 10.6 Å². The van der Waals surface area contributed by atoms with Crippen LogP contribution in [0.2, 0.25) is 0 Å². The third kappa shape index (κ3) is 3.63. The second-order valence-electron chi connectivity index (χ2n) is 4.79. The summed E-state index contributed by atoms with van der Waals surface area (Å²) >= 11 is 3.37. The summed E-state index contributed by atoms with van der Waals surface area (Å²) in [5.41, 5.74) is 1.00. The molecule has 0 unspecified atom stereocenters. The van der Waals surface area contributed by atoms with Gasteiger partial charge in [-0.1, -0.05) is 0 Å². The van der Waals surface area contributed by atoms with Gasteiger partial charge < -0.3 is 10.6 Å². The van der Waals surface area contributed by atoms with Gasteiger partial charge in [0.05, 0.1) is 17.2 Å². The molecule has 0 amide bonds. The normalized spacial score (nSPS) is 12.0. The Balaban J connectivity index is 1.46. The molecule has 8 heteroatoms. The number of thiazole rings is 2. The number of guanidine groups is 1. The lowest BCUT2D eigenvalue weighted by Gasteiger charge is -2.10. The smallest absolute Gasteiger partial charge is 0.193 e. The number of aryl methyl sites for hydroxylation is 1.